The number of likely N-dealkylation sites (N-methyl/N-ethyl adjacent to an activating group) is 1. The fourth-order valence-electron chi connectivity index (χ4n) is 1.20. The molecule has 0 amide bonds. The Kier molecular flexibility index (Phi) is 5.23. The summed E-state index contributed by atoms with van der Waals surface area (Å²) in [6.45, 7) is 5.31. The van der Waals surface area contributed by atoms with Crippen LogP contribution in [0.3, 0.4) is 0 Å². The molecule has 0 aliphatic carbocycles. The maximum absolute atomic E-state index is 11.2. The molecule has 0 rings (SSSR count). The number of aliphatic carboxylic acids is 1. The van der Waals surface area contributed by atoms with Gasteiger partial charge in [0.15, 0.2) is 0 Å². The van der Waals surface area contributed by atoms with Crippen molar-refractivity contribution in [3.8, 4) is 0 Å². The summed E-state index contributed by atoms with van der Waals surface area (Å²) in [6, 6.07) is -0.872. The van der Waals surface area contributed by atoms with Gasteiger partial charge in [-0.1, -0.05) is 0 Å². The number of nitrogens with zero attached hydrogens (tertiary/aromatic N) is 2. The first-order chi connectivity index (χ1) is 6.82. The predicted octanol–water partition coefficient (Wildman–Crippen LogP) is -0.855. The molecule has 0 aliphatic heterocycles. The number of carboxylic acids is 1. The van der Waals surface area contributed by atoms with Gasteiger partial charge < -0.3 is 0 Å². The average Bonchev–Trinajstić information content (AvgIpc) is 2.24. The van der Waals surface area contributed by atoms with E-state index in [9.17, 15) is 9.90 Å². The van der Waals surface area contributed by atoms with E-state index in [0.717, 1.165) is 0 Å². The van der Waals surface area contributed by atoms with Crippen LogP contribution < -0.4 is 5.73 Å². The van der Waals surface area contributed by atoms with Crippen LogP contribution in [0.4, 0.5) is 0 Å². The topological polar surface area (TPSA) is 99.2 Å². The van der Waals surface area contributed by atoms with E-state index in [2.05, 4.69) is 21.4 Å². The number of hydrogen-bond acceptors (Lipinski definition) is 5. The molecule has 0 fully saturated rings. The van der Waals surface area contributed by atoms with Crippen molar-refractivity contribution in [2.24, 2.45) is 10.9 Å². The number of nitrogens with two attached hydrogens (primary N) is 1. The molecule has 0 radical (unpaired) electrons. The number of oxime groups is 1. The van der Waals surface area contributed by atoms with Crippen LogP contribution >= 0.6 is 0 Å². The second-order valence-electron chi connectivity index (χ2n) is 3.39. The molecule has 0 spiro atoms. The van der Waals surface area contributed by atoms with Gasteiger partial charge in [0.25, 0.3) is 0 Å². The van der Waals surface area contributed by atoms with E-state index in [0.29, 0.717) is 6.54 Å². The molecule has 0 saturated heterocycles. The summed E-state index contributed by atoms with van der Waals surface area (Å²) >= 11 is 2.15. The van der Waals surface area contributed by atoms with E-state index in [4.69, 9.17) is 10.9 Å². The summed E-state index contributed by atoms with van der Waals surface area (Å²) in [6.07, 6.45) is 0. The molecule has 7 heteroatoms. The predicted molar refractivity (Wildman–Crippen MR) is 58.4 cm³/mol. The Morgan fingerprint density at radius 2 is 2.20 bits per heavy atom. The standard InChI is InChI=1S/C8H17N3O3Se/c1-4-11(15)8(3,7(12)13)6(9)5(2)10-14/h6,14-15H,4,9H2,1-3H3,(H,12,13)/t6?,8-/m0/s1. The van der Waals surface area contributed by atoms with Gasteiger partial charge in [-0.15, -0.1) is 0 Å². The zero-order chi connectivity index (χ0) is 12.2. The van der Waals surface area contributed by atoms with Crippen LogP contribution in [0.25, 0.3) is 0 Å². The summed E-state index contributed by atoms with van der Waals surface area (Å²) < 4.78 is 1.54. The minimum absolute atomic E-state index is 0.185. The van der Waals surface area contributed by atoms with E-state index in [1.54, 1.807) is 3.92 Å². The van der Waals surface area contributed by atoms with E-state index >= 15 is 0 Å². The van der Waals surface area contributed by atoms with Crippen LogP contribution in [-0.4, -0.2) is 60.3 Å². The average molecular weight is 282 g/mol. The summed E-state index contributed by atoms with van der Waals surface area (Å²) in [7, 11) is 0. The minimum atomic E-state index is -1.30. The van der Waals surface area contributed by atoms with Crippen molar-refractivity contribution in [1.82, 2.24) is 3.92 Å². The molecular weight excluding hydrogens is 265 g/mol. The zero-order valence-electron chi connectivity index (χ0n) is 9.01. The van der Waals surface area contributed by atoms with Crippen molar-refractivity contribution in [3.05, 3.63) is 0 Å². The molecule has 2 atom stereocenters. The van der Waals surface area contributed by atoms with Crippen molar-refractivity contribution in [2.45, 2.75) is 32.4 Å². The number of carboxylic acid groups (broad SMARTS) is 1. The van der Waals surface area contributed by atoms with Crippen molar-refractivity contribution in [2.75, 3.05) is 6.54 Å². The van der Waals surface area contributed by atoms with Gasteiger partial charge >= 0.3 is 96.7 Å². The molecule has 0 aromatic heterocycles. The van der Waals surface area contributed by atoms with Crippen LogP contribution in [0.5, 0.6) is 0 Å². The van der Waals surface area contributed by atoms with E-state index in [1.807, 2.05) is 6.92 Å². The fraction of sp³-hybridized carbons (Fsp3) is 0.750. The van der Waals surface area contributed by atoms with Gasteiger partial charge in [-0.05, 0) is 0 Å². The van der Waals surface area contributed by atoms with Gasteiger partial charge in [-0.25, -0.2) is 0 Å². The van der Waals surface area contributed by atoms with Crippen LogP contribution in [0.2, 0.25) is 0 Å². The number of rotatable bonds is 5. The van der Waals surface area contributed by atoms with Crippen LogP contribution in [0.15, 0.2) is 5.16 Å². The van der Waals surface area contributed by atoms with Crippen LogP contribution in [0, 0.1) is 0 Å². The number of hydrogen-bond donors (Lipinski definition) is 3. The third kappa shape index (κ3) is 2.69. The third-order valence-electron chi connectivity index (χ3n) is 2.48. The third-order valence-corrected chi connectivity index (χ3v) is 3.95. The van der Waals surface area contributed by atoms with Gasteiger partial charge in [0.2, 0.25) is 0 Å². The second kappa shape index (κ2) is 5.46. The molecule has 88 valence electrons. The van der Waals surface area contributed by atoms with Crippen LogP contribution in [-0.2, 0) is 4.79 Å². The first-order valence-corrected chi connectivity index (χ1v) is 5.30. The van der Waals surface area contributed by atoms with Crippen molar-refractivity contribution in [3.63, 3.8) is 0 Å². The van der Waals surface area contributed by atoms with Gasteiger partial charge in [0, 0.05) is 0 Å². The Hall–Kier alpha value is -0.621. The monoisotopic (exact) mass is 283 g/mol. The van der Waals surface area contributed by atoms with Gasteiger partial charge in [-0.3, -0.25) is 0 Å². The molecule has 1 unspecified atom stereocenters. The summed E-state index contributed by atoms with van der Waals surface area (Å²) in [4.78, 5) is 11.2. The molecule has 4 N–H and O–H groups in total. The maximum atomic E-state index is 11.2. The molecule has 15 heavy (non-hydrogen) atoms. The van der Waals surface area contributed by atoms with E-state index in [-0.39, 0.29) is 5.71 Å². The Morgan fingerprint density at radius 1 is 1.73 bits per heavy atom. The molecule has 0 aromatic carbocycles. The molecular formula is C8H17N3O3Se. The Morgan fingerprint density at radius 3 is 2.47 bits per heavy atom. The Bertz CT molecular complexity index is 272. The fourth-order valence-corrected chi connectivity index (χ4v) is 1.64. The normalized spacial score (nSPS) is 18.7. The van der Waals surface area contributed by atoms with Crippen molar-refractivity contribution >= 4 is 27.9 Å². The van der Waals surface area contributed by atoms with E-state index in [1.165, 1.54) is 13.8 Å². The van der Waals surface area contributed by atoms with Gasteiger partial charge in [-0.2, -0.15) is 0 Å². The van der Waals surface area contributed by atoms with Crippen LogP contribution in [0.1, 0.15) is 20.8 Å². The molecule has 0 saturated carbocycles. The molecule has 0 heterocycles. The quantitative estimate of drug-likeness (QED) is 0.264. The second-order valence-corrected chi connectivity index (χ2v) is 4.40. The van der Waals surface area contributed by atoms with Gasteiger partial charge in [0.1, 0.15) is 0 Å². The molecule has 6 nitrogen and oxygen atoms in total. The Balaban J connectivity index is 5.21. The van der Waals surface area contributed by atoms with Crippen molar-refractivity contribution in [1.29, 1.82) is 0 Å². The summed E-state index contributed by atoms with van der Waals surface area (Å²) in [5.74, 6) is -1.06. The molecule has 0 aromatic rings. The zero-order valence-corrected chi connectivity index (χ0v) is 10.9. The van der Waals surface area contributed by atoms with Crippen molar-refractivity contribution < 1.29 is 15.1 Å². The SMILES string of the molecule is CCN([SeH])[C@](C)(C(=O)O)C(N)C(C)=NO. The molecule has 0 aliphatic rings. The molecule has 0 bridgehead atoms. The summed E-state index contributed by atoms with van der Waals surface area (Å²) in [5, 5.41) is 20.7. The first kappa shape index (κ1) is 14.4. The first-order valence-electron chi connectivity index (χ1n) is 4.46. The Labute approximate surface area is 97.1 Å². The summed E-state index contributed by atoms with van der Waals surface area (Å²) in [5.41, 5.74) is 4.64. The van der Waals surface area contributed by atoms with E-state index < -0.39 is 17.6 Å². The number of carbonyl (C=O) groups is 1. The van der Waals surface area contributed by atoms with Gasteiger partial charge in [0.05, 0.1) is 0 Å².